The number of nitrogens with one attached hydrogen (secondary N) is 2. The highest BCUT2D eigenvalue weighted by molar-refractivity contribution is 7.88. The number of carbonyl (C=O) groups is 1. The molecule has 10 nitrogen and oxygen atoms in total. The van der Waals surface area contributed by atoms with Crippen LogP contribution in [0, 0.1) is 6.92 Å². The summed E-state index contributed by atoms with van der Waals surface area (Å²) in [6.07, 6.45) is 3.64. The van der Waals surface area contributed by atoms with Gasteiger partial charge in [0.1, 0.15) is 0 Å². The quantitative estimate of drug-likeness (QED) is 0.264. The standard InChI is InChI=1S/C30H31N7O3S/c1-21-4-6-22(7-5-21)23-8-10-24(11-9-23)29-18-25(12-17-30(38)31-2)34-37(29)28-15-13-27(14-16-28)36-20-26(33-35-36)19-32-41(3,39)40/h4-11,13-16,18,20,32H,12,17,19H2,1-3H3,(H,31,38). The van der Waals surface area contributed by atoms with Crippen LogP contribution in [0.1, 0.15) is 23.4 Å². The first-order valence-electron chi connectivity index (χ1n) is 13.1. The summed E-state index contributed by atoms with van der Waals surface area (Å²) in [5.74, 6) is -0.0353. The normalized spacial score (nSPS) is 11.5. The van der Waals surface area contributed by atoms with Gasteiger partial charge >= 0.3 is 0 Å². The minimum Gasteiger partial charge on any atom is -0.359 e. The molecule has 11 heteroatoms. The molecule has 210 valence electrons. The summed E-state index contributed by atoms with van der Waals surface area (Å²) >= 11 is 0. The fourth-order valence-corrected chi connectivity index (χ4v) is 4.77. The van der Waals surface area contributed by atoms with Crippen molar-refractivity contribution in [2.24, 2.45) is 0 Å². The average Bonchev–Trinajstić information content (AvgIpc) is 3.63. The van der Waals surface area contributed by atoms with Gasteiger partial charge in [-0.3, -0.25) is 4.79 Å². The molecule has 5 rings (SSSR count). The smallest absolute Gasteiger partial charge is 0.220 e. The third-order valence-electron chi connectivity index (χ3n) is 6.63. The number of aromatic nitrogens is 5. The minimum atomic E-state index is -3.33. The van der Waals surface area contributed by atoms with Crippen molar-refractivity contribution < 1.29 is 13.2 Å². The van der Waals surface area contributed by atoms with E-state index in [-0.39, 0.29) is 12.5 Å². The highest BCUT2D eigenvalue weighted by Gasteiger charge is 2.14. The monoisotopic (exact) mass is 569 g/mol. The Kier molecular flexibility index (Phi) is 8.09. The number of benzene rings is 3. The van der Waals surface area contributed by atoms with Crippen LogP contribution >= 0.6 is 0 Å². The zero-order valence-electron chi connectivity index (χ0n) is 23.1. The Labute approximate surface area is 239 Å². The van der Waals surface area contributed by atoms with Crippen molar-refractivity contribution in [3.63, 3.8) is 0 Å². The minimum absolute atomic E-state index is 0.0353. The van der Waals surface area contributed by atoms with E-state index in [4.69, 9.17) is 5.10 Å². The molecule has 0 spiro atoms. The number of aryl methyl sites for hydroxylation is 2. The lowest BCUT2D eigenvalue weighted by Gasteiger charge is -2.10. The molecule has 0 bridgehead atoms. The van der Waals surface area contributed by atoms with Crippen LogP contribution in [0.5, 0.6) is 0 Å². The van der Waals surface area contributed by atoms with E-state index in [9.17, 15) is 13.2 Å². The van der Waals surface area contributed by atoms with Gasteiger partial charge in [-0.15, -0.1) is 5.10 Å². The summed E-state index contributed by atoms with van der Waals surface area (Å²) in [6, 6.07) is 26.5. The van der Waals surface area contributed by atoms with Gasteiger partial charge in [-0.1, -0.05) is 59.3 Å². The highest BCUT2D eigenvalue weighted by Crippen LogP contribution is 2.28. The Morgan fingerprint density at radius 1 is 0.854 bits per heavy atom. The van der Waals surface area contributed by atoms with E-state index in [2.05, 4.69) is 75.8 Å². The van der Waals surface area contributed by atoms with Gasteiger partial charge in [0.15, 0.2) is 0 Å². The molecule has 0 aliphatic rings. The van der Waals surface area contributed by atoms with Crippen LogP contribution in [-0.2, 0) is 27.8 Å². The van der Waals surface area contributed by atoms with E-state index >= 15 is 0 Å². The predicted octanol–water partition coefficient (Wildman–Crippen LogP) is 3.82. The zero-order chi connectivity index (χ0) is 29.0. The molecule has 3 aromatic carbocycles. The number of sulfonamides is 1. The summed E-state index contributed by atoms with van der Waals surface area (Å²) in [5.41, 5.74) is 8.34. The van der Waals surface area contributed by atoms with Gasteiger partial charge in [-0.25, -0.2) is 22.5 Å². The van der Waals surface area contributed by atoms with Gasteiger partial charge in [0, 0.05) is 25.5 Å². The molecule has 0 saturated carbocycles. The molecule has 1 amide bonds. The number of amides is 1. The van der Waals surface area contributed by atoms with Crippen molar-refractivity contribution in [2.75, 3.05) is 13.3 Å². The van der Waals surface area contributed by atoms with E-state index in [1.807, 2.05) is 35.0 Å². The first-order valence-corrected chi connectivity index (χ1v) is 15.0. The molecule has 0 aliphatic heterocycles. The van der Waals surface area contributed by atoms with Crippen molar-refractivity contribution in [3.05, 3.63) is 102 Å². The maximum Gasteiger partial charge on any atom is 0.220 e. The van der Waals surface area contributed by atoms with Crippen molar-refractivity contribution in [1.29, 1.82) is 0 Å². The number of rotatable bonds is 10. The van der Waals surface area contributed by atoms with Crippen LogP contribution in [0.2, 0.25) is 0 Å². The van der Waals surface area contributed by atoms with E-state index < -0.39 is 10.0 Å². The van der Waals surface area contributed by atoms with Crippen LogP contribution in [0.4, 0.5) is 0 Å². The largest absolute Gasteiger partial charge is 0.359 e. The Bertz CT molecular complexity index is 1760. The molecule has 0 unspecified atom stereocenters. The van der Waals surface area contributed by atoms with Crippen LogP contribution < -0.4 is 10.0 Å². The third kappa shape index (κ3) is 6.94. The molecule has 2 heterocycles. The number of carbonyl (C=O) groups excluding carboxylic acids is 1. The van der Waals surface area contributed by atoms with E-state index in [0.717, 1.165) is 45.7 Å². The lowest BCUT2D eigenvalue weighted by molar-refractivity contribution is -0.120. The summed E-state index contributed by atoms with van der Waals surface area (Å²) in [6.45, 7) is 2.14. The van der Waals surface area contributed by atoms with Gasteiger partial charge in [0.25, 0.3) is 0 Å². The summed E-state index contributed by atoms with van der Waals surface area (Å²) in [4.78, 5) is 11.9. The Hall–Kier alpha value is -4.61. The molecule has 0 radical (unpaired) electrons. The van der Waals surface area contributed by atoms with Gasteiger partial charge in [-0.2, -0.15) is 5.10 Å². The molecule has 2 aromatic heterocycles. The third-order valence-corrected chi connectivity index (χ3v) is 7.30. The highest BCUT2D eigenvalue weighted by atomic mass is 32.2. The summed E-state index contributed by atoms with van der Waals surface area (Å²) in [7, 11) is -1.70. The lowest BCUT2D eigenvalue weighted by Crippen LogP contribution is -2.21. The fraction of sp³-hybridized carbons (Fsp3) is 0.200. The second-order valence-corrected chi connectivity index (χ2v) is 11.6. The average molecular weight is 570 g/mol. The second kappa shape index (κ2) is 11.9. The molecule has 0 atom stereocenters. The van der Waals surface area contributed by atoms with Gasteiger partial charge in [-0.05, 0) is 48.4 Å². The molecule has 41 heavy (non-hydrogen) atoms. The summed E-state index contributed by atoms with van der Waals surface area (Å²) < 4.78 is 28.6. The maximum atomic E-state index is 11.9. The van der Waals surface area contributed by atoms with Crippen molar-refractivity contribution >= 4 is 15.9 Å². The molecular formula is C30H31N7O3S. The van der Waals surface area contributed by atoms with E-state index in [1.54, 1.807) is 17.9 Å². The van der Waals surface area contributed by atoms with Crippen molar-refractivity contribution in [1.82, 2.24) is 34.8 Å². The Morgan fingerprint density at radius 3 is 2.10 bits per heavy atom. The molecule has 2 N–H and O–H groups in total. The van der Waals surface area contributed by atoms with E-state index in [0.29, 0.717) is 18.5 Å². The van der Waals surface area contributed by atoms with Crippen molar-refractivity contribution in [2.45, 2.75) is 26.3 Å². The topological polar surface area (TPSA) is 124 Å². The van der Waals surface area contributed by atoms with Gasteiger partial charge in [0.05, 0.1) is 47.5 Å². The van der Waals surface area contributed by atoms with Crippen LogP contribution in [-0.4, -0.2) is 52.4 Å². The first kappa shape index (κ1) is 27.9. The number of nitrogens with zero attached hydrogens (tertiary/aromatic N) is 5. The van der Waals surface area contributed by atoms with Crippen LogP contribution in [0.25, 0.3) is 33.8 Å². The maximum absolute atomic E-state index is 11.9. The Morgan fingerprint density at radius 2 is 1.46 bits per heavy atom. The lowest BCUT2D eigenvalue weighted by atomic mass is 10.0. The van der Waals surface area contributed by atoms with Crippen LogP contribution in [0.15, 0.2) is 85.1 Å². The molecule has 0 saturated heterocycles. The number of hydrogen-bond acceptors (Lipinski definition) is 6. The molecule has 0 fully saturated rings. The Balaban J connectivity index is 1.43. The summed E-state index contributed by atoms with van der Waals surface area (Å²) in [5, 5.41) is 15.7. The van der Waals surface area contributed by atoms with Gasteiger partial charge < -0.3 is 5.32 Å². The predicted molar refractivity (Wildman–Crippen MR) is 158 cm³/mol. The molecular weight excluding hydrogens is 538 g/mol. The first-order chi connectivity index (χ1) is 19.7. The van der Waals surface area contributed by atoms with E-state index in [1.165, 1.54) is 5.56 Å². The zero-order valence-corrected chi connectivity index (χ0v) is 23.9. The SMILES string of the molecule is CNC(=O)CCc1cc(-c2ccc(-c3ccc(C)cc3)cc2)n(-c2ccc(-n3cc(CNS(C)(=O)=O)nn3)cc2)n1. The van der Waals surface area contributed by atoms with Crippen LogP contribution in [0.3, 0.4) is 0 Å². The fourth-order valence-electron chi connectivity index (χ4n) is 4.36. The van der Waals surface area contributed by atoms with Crippen molar-refractivity contribution in [3.8, 4) is 33.8 Å². The second-order valence-electron chi connectivity index (χ2n) is 9.81. The number of hydrogen-bond donors (Lipinski definition) is 2. The molecule has 0 aliphatic carbocycles. The van der Waals surface area contributed by atoms with Gasteiger partial charge in [0.2, 0.25) is 15.9 Å². The molecule has 5 aromatic rings.